The van der Waals surface area contributed by atoms with E-state index in [-0.39, 0.29) is 36.6 Å². The van der Waals surface area contributed by atoms with Gasteiger partial charge in [-0.15, -0.1) is 0 Å². The van der Waals surface area contributed by atoms with Gasteiger partial charge in [-0.1, -0.05) is 30.3 Å². The highest BCUT2D eigenvalue weighted by atomic mass is 19.1. The third-order valence-corrected chi connectivity index (χ3v) is 6.18. The number of ether oxygens (including phenoxy) is 2. The smallest absolute Gasteiger partial charge is 0.253 e. The first-order valence-corrected chi connectivity index (χ1v) is 11.1. The average molecular weight is 463 g/mol. The van der Waals surface area contributed by atoms with Crippen molar-refractivity contribution >= 4 is 11.8 Å². The maximum absolute atomic E-state index is 13.3. The van der Waals surface area contributed by atoms with Crippen molar-refractivity contribution in [3.05, 3.63) is 95.3 Å². The van der Waals surface area contributed by atoms with Crippen LogP contribution in [-0.4, -0.2) is 44.0 Å². The van der Waals surface area contributed by atoms with Crippen LogP contribution in [0.4, 0.5) is 4.39 Å². The van der Waals surface area contributed by atoms with Crippen molar-refractivity contribution in [2.75, 3.05) is 27.3 Å². The second-order valence-electron chi connectivity index (χ2n) is 8.24. The van der Waals surface area contributed by atoms with Gasteiger partial charge >= 0.3 is 0 Å². The summed E-state index contributed by atoms with van der Waals surface area (Å²) in [6.07, 6.45) is 0. The summed E-state index contributed by atoms with van der Waals surface area (Å²) in [4.78, 5) is 28.2. The van der Waals surface area contributed by atoms with Crippen LogP contribution in [0.1, 0.15) is 27.4 Å². The molecule has 3 aromatic carbocycles. The molecule has 0 radical (unpaired) electrons. The highest BCUT2D eigenvalue weighted by molar-refractivity contribution is 5.95. The molecule has 3 aromatic rings. The first kappa shape index (κ1) is 23.3. The molecule has 34 heavy (non-hydrogen) atoms. The normalized spacial score (nSPS) is 17.3. The molecule has 1 saturated heterocycles. The molecule has 176 valence electrons. The van der Waals surface area contributed by atoms with Crippen molar-refractivity contribution in [3.8, 4) is 11.5 Å². The number of methoxy groups -OCH3 is 2. The van der Waals surface area contributed by atoms with Crippen LogP contribution < -0.4 is 14.8 Å². The Labute approximate surface area is 198 Å². The lowest BCUT2D eigenvalue weighted by molar-refractivity contribution is -0.125. The summed E-state index contributed by atoms with van der Waals surface area (Å²) in [5, 5.41) is 2.95. The van der Waals surface area contributed by atoms with Crippen LogP contribution in [0.3, 0.4) is 0 Å². The molecule has 0 spiro atoms. The minimum atomic E-state index is -0.492. The molecule has 0 aliphatic carbocycles. The zero-order valence-electron chi connectivity index (χ0n) is 19.2. The van der Waals surface area contributed by atoms with Gasteiger partial charge in [0.15, 0.2) is 0 Å². The number of likely N-dealkylation sites (tertiary alicyclic amines) is 1. The molecule has 2 atom stereocenters. The van der Waals surface area contributed by atoms with Gasteiger partial charge in [0.25, 0.3) is 5.91 Å². The van der Waals surface area contributed by atoms with Crippen molar-refractivity contribution in [1.29, 1.82) is 0 Å². The number of benzene rings is 3. The Balaban J connectivity index is 1.61. The monoisotopic (exact) mass is 462 g/mol. The molecular formula is C27H27FN2O4. The summed E-state index contributed by atoms with van der Waals surface area (Å²) >= 11 is 0. The van der Waals surface area contributed by atoms with Crippen LogP contribution in [0, 0.1) is 11.7 Å². The van der Waals surface area contributed by atoms with Crippen molar-refractivity contribution < 1.29 is 23.5 Å². The van der Waals surface area contributed by atoms with Gasteiger partial charge in [-0.05, 0) is 48.0 Å². The van der Waals surface area contributed by atoms with E-state index in [4.69, 9.17) is 9.47 Å². The number of nitrogens with zero attached hydrogens (tertiary/aromatic N) is 1. The molecular weight excluding hydrogens is 435 g/mol. The van der Waals surface area contributed by atoms with Crippen LogP contribution in [0.2, 0.25) is 0 Å². The van der Waals surface area contributed by atoms with Crippen LogP contribution in [-0.2, 0) is 11.3 Å². The first-order valence-electron chi connectivity index (χ1n) is 11.1. The van der Waals surface area contributed by atoms with Gasteiger partial charge in [-0.25, -0.2) is 4.39 Å². The predicted octanol–water partition coefficient (Wildman–Crippen LogP) is 4.02. The fourth-order valence-electron chi connectivity index (χ4n) is 4.37. The Bertz CT molecular complexity index is 1150. The first-order chi connectivity index (χ1) is 16.5. The lowest BCUT2D eigenvalue weighted by atomic mass is 9.87. The molecule has 2 amide bonds. The topological polar surface area (TPSA) is 67.9 Å². The van der Waals surface area contributed by atoms with Gasteiger partial charge < -0.3 is 19.7 Å². The largest absolute Gasteiger partial charge is 0.497 e. The van der Waals surface area contributed by atoms with Gasteiger partial charge in [0.05, 0.1) is 20.1 Å². The van der Waals surface area contributed by atoms with Crippen LogP contribution in [0.25, 0.3) is 0 Å². The van der Waals surface area contributed by atoms with Crippen LogP contribution in [0.5, 0.6) is 11.5 Å². The summed E-state index contributed by atoms with van der Waals surface area (Å²) in [6.45, 7) is 0.907. The molecule has 7 heteroatoms. The molecule has 1 fully saturated rings. The molecule has 6 nitrogen and oxygen atoms in total. The molecule has 0 bridgehead atoms. The summed E-state index contributed by atoms with van der Waals surface area (Å²) < 4.78 is 24.2. The fourth-order valence-corrected chi connectivity index (χ4v) is 4.37. The van der Waals surface area contributed by atoms with Crippen molar-refractivity contribution in [3.63, 3.8) is 0 Å². The van der Waals surface area contributed by atoms with E-state index < -0.39 is 5.92 Å². The minimum absolute atomic E-state index is 0.124. The Morgan fingerprint density at radius 3 is 2.38 bits per heavy atom. The van der Waals surface area contributed by atoms with Crippen LogP contribution in [0.15, 0.2) is 72.8 Å². The predicted molar refractivity (Wildman–Crippen MR) is 126 cm³/mol. The van der Waals surface area contributed by atoms with E-state index in [1.807, 2.05) is 30.3 Å². The number of nitrogens with one attached hydrogen (secondary N) is 1. The Kier molecular flexibility index (Phi) is 7.11. The quantitative estimate of drug-likeness (QED) is 0.576. The van der Waals surface area contributed by atoms with Gasteiger partial charge in [0, 0.05) is 36.7 Å². The van der Waals surface area contributed by atoms with E-state index in [2.05, 4.69) is 5.32 Å². The summed E-state index contributed by atoms with van der Waals surface area (Å²) in [7, 11) is 3.16. The van der Waals surface area contributed by atoms with E-state index in [1.54, 1.807) is 49.5 Å². The maximum Gasteiger partial charge on any atom is 0.253 e. The second-order valence-corrected chi connectivity index (χ2v) is 8.24. The number of amides is 2. The Morgan fingerprint density at radius 2 is 1.71 bits per heavy atom. The highest BCUT2D eigenvalue weighted by Gasteiger charge is 2.41. The molecule has 4 rings (SSSR count). The zero-order chi connectivity index (χ0) is 24.1. The lowest BCUT2D eigenvalue weighted by Gasteiger charge is -2.21. The van der Waals surface area contributed by atoms with Crippen LogP contribution >= 0.6 is 0 Å². The van der Waals surface area contributed by atoms with E-state index in [0.717, 1.165) is 11.1 Å². The number of rotatable bonds is 7. The zero-order valence-corrected chi connectivity index (χ0v) is 19.2. The number of hydrogen-bond donors (Lipinski definition) is 1. The fraction of sp³-hybridized carbons (Fsp3) is 0.259. The lowest BCUT2D eigenvalue weighted by Crippen LogP contribution is -2.35. The van der Waals surface area contributed by atoms with E-state index in [0.29, 0.717) is 23.6 Å². The summed E-state index contributed by atoms with van der Waals surface area (Å²) in [5.74, 6) is -0.125. The summed E-state index contributed by atoms with van der Waals surface area (Å²) in [5.41, 5.74) is 2.18. The number of carbonyl (C=O) groups is 2. The third-order valence-electron chi connectivity index (χ3n) is 6.18. The summed E-state index contributed by atoms with van der Waals surface area (Å²) in [6, 6.07) is 20.5. The van der Waals surface area contributed by atoms with E-state index in [1.165, 1.54) is 12.1 Å². The highest BCUT2D eigenvalue weighted by Crippen LogP contribution is 2.40. The molecule has 0 unspecified atom stereocenters. The van der Waals surface area contributed by atoms with Crippen molar-refractivity contribution in [2.24, 2.45) is 5.92 Å². The van der Waals surface area contributed by atoms with Crippen molar-refractivity contribution in [2.45, 2.75) is 12.5 Å². The molecule has 1 heterocycles. The van der Waals surface area contributed by atoms with Gasteiger partial charge in [-0.2, -0.15) is 0 Å². The van der Waals surface area contributed by atoms with E-state index >= 15 is 0 Å². The average Bonchev–Trinajstić information content (AvgIpc) is 3.33. The number of halogens is 1. The van der Waals surface area contributed by atoms with Gasteiger partial charge in [0.1, 0.15) is 17.3 Å². The third kappa shape index (κ3) is 5.03. The Hall–Kier alpha value is -3.87. The van der Waals surface area contributed by atoms with E-state index in [9.17, 15) is 14.0 Å². The Morgan fingerprint density at radius 1 is 0.971 bits per heavy atom. The SMILES string of the molecule is COc1ccc(OC)c([C@H]2CN(C(=O)c3ccccc3)C[C@H]2C(=O)NCc2ccc(F)cc2)c1. The molecule has 1 N–H and O–H groups in total. The molecule has 0 aromatic heterocycles. The second kappa shape index (κ2) is 10.4. The number of carbonyl (C=O) groups excluding carboxylic acids is 2. The van der Waals surface area contributed by atoms with Gasteiger partial charge in [-0.3, -0.25) is 9.59 Å². The standard InChI is InChI=1S/C27H27FN2O4/c1-33-21-12-13-25(34-2)22(14-21)23-16-30(27(32)19-6-4-3-5-7-19)17-24(23)26(31)29-15-18-8-10-20(28)11-9-18/h3-14,23-24H,15-17H2,1-2H3,(H,29,31)/t23-,24-/m1/s1. The molecule has 0 saturated carbocycles. The van der Waals surface area contributed by atoms with Gasteiger partial charge in [0.2, 0.25) is 5.91 Å². The number of hydrogen-bond acceptors (Lipinski definition) is 4. The minimum Gasteiger partial charge on any atom is -0.497 e. The molecule has 1 aliphatic heterocycles. The molecule has 1 aliphatic rings. The maximum atomic E-state index is 13.3. The van der Waals surface area contributed by atoms with Crippen molar-refractivity contribution in [1.82, 2.24) is 10.2 Å².